The Morgan fingerprint density at radius 1 is 1.19 bits per heavy atom. The lowest BCUT2D eigenvalue weighted by Gasteiger charge is -2.53. The number of hydrogen-bond donors (Lipinski definition) is 1. The van der Waals surface area contributed by atoms with E-state index in [1.54, 1.807) is 0 Å². The molecule has 3 heterocycles. The summed E-state index contributed by atoms with van der Waals surface area (Å²) in [6.07, 6.45) is 4.92. The van der Waals surface area contributed by atoms with Crippen molar-refractivity contribution in [3.8, 4) is 6.07 Å². The number of nitriles is 1. The largest absolute Gasteiger partial charge is 0.333 e. The van der Waals surface area contributed by atoms with Gasteiger partial charge < -0.3 is 9.80 Å². The Morgan fingerprint density at radius 2 is 1.76 bits per heavy atom. The van der Waals surface area contributed by atoms with E-state index in [4.69, 9.17) is 0 Å². The number of nitrogens with zero attached hydrogens (tertiary/aromatic N) is 3. The van der Waals surface area contributed by atoms with Crippen LogP contribution in [0.15, 0.2) is 0 Å². The van der Waals surface area contributed by atoms with E-state index in [1.807, 2.05) is 0 Å². The van der Waals surface area contributed by atoms with Crippen LogP contribution in [0.25, 0.3) is 0 Å². The summed E-state index contributed by atoms with van der Waals surface area (Å²) in [7, 11) is 0. The van der Waals surface area contributed by atoms with Crippen LogP contribution >= 0.6 is 0 Å². The van der Waals surface area contributed by atoms with E-state index >= 15 is 0 Å². The zero-order valence-electron chi connectivity index (χ0n) is 13.1. The number of fused-ring (bicyclic) bond motifs is 3. The van der Waals surface area contributed by atoms with Gasteiger partial charge in [0.25, 0.3) is 5.91 Å². The van der Waals surface area contributed by atoms with Gasteiger partial charge in [0.1, 0.15) is 5.54 Å². The number of hydrogen-bond acceptors (Lipinski definition) is 3. The summed E-state index contributed by atoms with van der Waals surface area (Å²) >= 11 is 0. The highest BCUT2D eigenvalue weighted by molar-refractivity contribution is 5.81. The molecule has 21 heavy (non-hydrogen) atoms. The minimum absolute atomic E-state index is 0.0281. The van der Waals surface area contributed by atoms with Crippen molar-refractivity contribution in [2.45, 2.75) is 50.6 Å². The molecular weight excluding hydrogens is 264 g/mol. The van der Waals surface area contributed by atoms with Crippen LogP contribution in [0.2, 0.25) is 0 Å². The van der Waals surface area contributed by atoms with Crippen LogP contribution in [0.3, 0.4) is 0 Å². The van der Waals surface area contributed by atoms with Gasteiger partial charge in [0.2, 0.25) is 0 Å². The summed E-state index contributed by atoms with van der Waals surface area (Å²) in [5, 5.41) is 12.7. The van der Waals surface area contributed by atoms with E-state index in [2.05, 4.69) is 23.2 Å². The van der Waals surface area contributed by atoms with Crippen molar-refractivity contribution < 1.29 is 9.28 Å². The van der Waals surface area contributed by atoms with Crippen LogP contribution in [0.4, 0.5) is 0 Å². The topological polar surface area (TPSA) is 56.1 Å². The highest BCUT2D eigenvalue weighted by Gasteiger charge is 2.46. The number of amides is 1. The van der Waals surface area contributed by atoms with E-state index < -0.39 is 5.54 Å². The minimum Gasteiger partial charge on any atom is -0.333 e. The number of piperazine rings is 3. The summed E-state index contributed by atoms with van der Waals surface area (Å²) < 4.78 is 0.920. The van der Waals surface area contributed by atoms with Gasteiger partial charge in [-0.3, -0.25) is 9.69 Å². The molecule has 0 aromatic rings. The van der Waals surface area contributed by atoms with Crippen molar-refractivity contribution in [3.63, 3.8) is 0 Å². The second-order valence-electron chi connectivity index (χ2n) is 7.15. The standard InChI is InChI=1S/C16H26N4O/c1-14(20-10-7-19(8-11-20)9-12-20)15(21)18-16(13-17)5-3-2-4-6-16/h14H,2-12H2,1H3/p+1/t14-/m1/s1. The Bertz CT molecular complexity index is 428. The smallest absolute Gasteiger partial charge is 0.279 e. The number of carbonyl (C=O) groups excluding carboxylic acids is 1. The second kappa shape index (κ2) is 5.58. The molecule has 1 atom stereocenters. The highest BCUT2D eigenvalue weighted by Crippen LogP contribution is 2.29. The maximum Gasteiger partial charge on any atom is 0.279 e. The van der Waals surface area contributed by atoms with E-state index in [1.165, 1.54) is 6.42 Å². The molecule has 2 bridgehead atoms. The van der Waals surface area contributed by atoms with Gasteiger partial charge >= 0.3 is 0 Å². The molecule has 5 heteroatoms. The fourth-order valence-electron chi connectivity index (χ4n) is 4.28. The molecule has 4 aliphatic rings. The molecule has 1 aliphatic carbocycles. The summed E-state index contributed by atoms with van der Waals surface area (Å²) in [4.78, 5) is 15.3. The Kier molecular flexibility index (Phi) is 3.94. The highest BCUT2D eigenvalue weighted by atomic mass is 16.2. The molecular formula is C16H27N4O+. The lowest BCUT2D eigenvalue weighted by molar-refractivity contribution is -0.953. The third-order valence-corrected chi connectivity index (χ3v) is 6.07. The summed E-state index contributed by atoms with van der Waals surface area (Å²) in [5.41, 5.74) is -0.598. The molecule has 1 saturated carbocycles. The maximum atomic E-state index is 12.8. The SMILES string of the molecule is C[C@H](C(=O)NC1(C#N)CCCCC1)[N+]12CCN(CC1)CC2. The molecule has 4 fully saturated rings. The van der Waals surface area contributed by atoms with Crippen molar-refractivity contribution >= 4 is 5.91 Å². The Labute approximate surface area is 127 Å². The van der Waals surface area contributed by atoms with Gasteiger partial charge in [0.05, 0.1) is 25.7 Å². The summed E-state index contributed by atoms with van der Waals surface area (Å²) in [5.74, 6) is 0.0915. The first-order valence-corrected chi connectivity index (χ1v) is 8.41. The maximum absolute atomic E-state index is 12.8. The molecule has 5 nitrogen and oxygen atoms in total. The van der Waals surface area contributed by atoms with Gasteiger partial charge in [-0.25, -0.2) is 0 Å². The normalized spacial score (nSPS) is 35.7. The lowest BCUT2D eigenvalue weighted by atomic mass is 9.82. The molecule has 3 saturated heterocycles. The van der Waals surface area contributed by atoms with Crippen LogP contribution in [-0.2, 0) is 4.79 Å². The first kappa shape index (κ1) is 14.8. The predicted octanol–water partition coefficient (Wildman–Crippen LogP) is 0.864. The molecule has 4 rings (SSSR count). The summed E-state index contributed by atoms with van der Waals surface area (Å²) in [6.45, 7) is 8.63. The average Bonchev–Trinajstić information content (AvgIpc) is 2.56. The van der Waals surface area contributed by atoms with Crippen molar-refractivity contribution in [2.24, 2.45) is 0 Å². The molecule has 0 aromatic carbocycles. The zero-order chi connectivity index (χ0) is 14.9. The molecule has 116 valence electrons. The van der Waals surface area contributed by atoms with Crippen molar-refractivity contribution in [3.05, 3.63) is 0 Å². The van der Waals surface area contributed by atoms with Gasteiger partial charge in [-0.15, -0.1) is 0 Å². The third-order valence-electron chi connectivity index (χ3n) is 6.07. The number of rotatable bonds is 3. The fourth-order valence-corrected chi connectivity index (χ4v) is 4.28. The predicted molar refractivity (Wildman–Crippen MR) is 80.3 cm³/mol. The third kappa shape index (κ3) is 2.67. The second-order valence-corrected chi connectivity index (χ2v) is 7.15. The van der Waals surface area contributed by atoms with Crippen molar-refractivity contribution in [1.82, 2.24) is 10.2 Å². The Morgan fingerprint density at radius 3 is 2.29 bits per heavy atom. The molecule has 0 aromatic heterocycles. The minimum atomic E-state index is -0.598. The van der Waals surface area contributed by atoms with Crippen molar-refractivity contribution in [1.29, 1.82) is 5.26 Å². The number of carbonyl (C=O) groups is 1. The molecule has 0 spiro atoms. The van der Waals surface area contributed by atoms with Crippen LogP contribution in [0.5, 0.6) is 0 Å². The van der Waals surface area contributed by atoms with Gasteiger partial charge in [0, 0.05) is 19.6 Å². The van der Waals surface area contributed by atoms with Gasteiger partial charge in [-0.2, -0.15) is 5.26 Å². The fraction of sp³-hybridized carbons (Fsp3) is 0.875. The van der Waals surface area contributed by atoms with Gasteiger partial charge in [-0.1, -0.05) is 19.3 Å². The Balaban J connectivity index is 1.68. The first-order chi connectivity index (χ1) is 10.1. The monoisotopic (exact) mass is 291 g/mol. The van der Waals surface area contributed by atoms with Crippen LogP contribution in [0, 0.1) is 11.3 Å². The van der Waals surface area contributed by atoms with Crippen LogP contribution < -0.4 is 5.32 Å². The van der Waals surface area contributed by atoms with E-state index in [-0.39, 0.29) is 11.9 Å². The lowest BCUT2D eigenvalue weighted by Crippen LogP contribution is -2.73. The zero-order valence-corrected chi connectivity index (χ0v) is 13.1. The molecule has 0 unspecified atom stereocenters. The Hall–Kier alpha value is -1.12. The van der Waals surface area contributed by atoms with Crippen LogP contribution in [-0.4, -0.2) is 66.1 Å². The van der Waals surface area contributed by atoms with E-state index in [9.17, 15) is 10.1 Å². The first-order valence-electron chi connectivity index (χ1n) is 8.41. The molecule has 0 radical (unpaired) electrons. The van der Waals surface area contributed by atoms with E-state index in [0.717, 1.165) is 69.4 Å². The van der Waals surface area contributed by atoms with Gasteiger partial charge in [-0.05, 0) is 19.8 Å². The van der Waals surface area contributed by atoms with E-state index in [0.29, 0.717) is 0 Å². The summed E-state index contributed by atoms with van der Waals surface area (Å²) in [6, 6.07) is 2.37. The number of nitrogens with one attached hydrogen (secondary N) is 1. The van der Waals surface area contributed by atoms with Crippen molar-refractivity contribution in [2.75, 3.05) is 39.3 Å². The quantitative estimate of drug-likeness (QED) is 0.785. The average molecular weight is 291 g/mol. The number of quaternary nitrogens is 1. The molecule has 1 amide bonds. The molecule has 3 aliphatic heterocycles. The molecule has 1 N–H and O–H groups in total. The van der Waals surface area contributed by atoms with Gasteiger partial charge in [0.15, 0.2) is 6.04 Å². The van der Waals surface area contributed by atoms with Crippen LogP contribution in [0.1, 0.15) is 39.0 Å².